The largest absolute Gasteiger partial charge is 0.454 e. The minimum atomic E-state index is -0.568. The number of alkyl carbamates (subject to hydrolysis) is 1. The number of carbonyl (C=O) groups excluding carboxylic acids is 3. The van der Waals surface area contributed by atoms with Gasteiger partial charge in [0.1, 0.15) is 5.60 Å². The van der Waals surface area contributed by atoms with Crippen LogP contribution in [0.1, 0.15) is 44.0 Å². The van der Waals surface area contributed by atoms with Crippen molar-refractivity contribution in [3.63, 3.8) is 0 Å². The molecular weight excluding hydrogens is 390 g/mol. The summed E-state index contributed by atoms with van der Waals surface area (Å²) in [7, 11) is 0. The van der Waals surface area contributed by atoms with Crippen molar-refractivity contribution in [2.75, 3.05) is 33.0 Å². The van der Waals surface area contributed by atoms with E-state index in [4.69, 9.17) is 14.2 Å². The van der Waals surface area contributed by atoms with E-state index in [9.17, 15) is 14.4 Å². The van der Waals surface area contributed by atoms with E-state index in [1.807, 2.05) is 0 Å². The lowest BCUT2D eigenvalue weighted by Crippen LogP contribution is -2.46. The summed E-state index contributed by atoms with van der Waals surface area (Å²) < 4.78 is 15.9. The summed E-state index contributed by atoms with van der Waals surface area (Å²) in [5.74, 6) is 0.433. The van der Waals surface area contributed by atoms with Gasteiger partial charge < -0.3 is 29.7 Å². The van der Waals surface area contributed by atoms with Gasteiger partial charge in [0.15, 0.2) is 11.5 Å². The van der Waals surface area contributed by atoms with Gasteiger partial charge >= 0.3 is 6.09 Å². The van der Waals surface area contributed by atoms with Crippen LogP contribution >= 0.6 is 0 Å². The topological polar surface area (TPSA) is 106 Å². The monoisotopic (exact) mass is 419 g/mol. The van der Waals surface area contributed by atoms with E-state index >= 15 is 0 Å². The molecule has 1 saturated heterocycles. The van der Waals surface area contributed by atoms with Crippen LogP contribution in [0.5, 0.6) is 11.5 Å². The number of amides is 3. The molecule has 1 fully saturated rings. The quantitative estimate of drug-likeness (QED) is 0.706. The fourth-order valence-corrected chi connectivity index (χ4v) is 3.45. The molecule has 0 bridgehead atoms. The number of carbonyl (C=O) groups is 3. The maximum absolute atomic E-state index is 13.0. The Labute approximate surface area is 176 Å². The number of hydrogen-bond acceptors (Lipinski definition) is 6. The zero-order chi connectivity index (χ0) is 21.7. The summed E-state index contributed by atoms with van der Waals surface area (Å²) in [6.07, 6.45) is 0.932. The molecule has 2 aliphatic rings. The van der Waals surface area contributed by atoms with Crippen molar-refractivity contribution in [2.45, 2.75) is 39.2 Å². The molecule has 1 atom stereocenters. The van der Waals surface area contributed by atoms with Crippen molar-refractivity contribution in [3.8, 4) is 11.5 Å². The van der Waals surface area contributed by atoms with Crippen LogP contribution in [0, 0.1) is 5.92 Å². The predicted molar refractivity (Wildman–Crippen MR) is 108 cm³/mol. The van der Waals surface area contributed by atoms with Crippen LogP contribution in [0.4, 0.5) is 4.79 Å². The van der Waals surface area contributed by atoms with Crippen LogP contribution in [-0.4, -0.2) is 61.4 Å². The zero-order valence-corrected chi connectivity index (χ0v) is 17.7. The van der Waals surface area contributed by atoms with Gasteiger partial charge in [-0.1, -0.05) is 6.07 Å². The van der Waals surface area contributed by atoms with E-state index in [0.29, 0.717) is 43.1 Å². The average Bonchev–Trinajstić information content (AvgIpc) is 3.18. The van der Waals surface area contributed by atoms with Crippen LogP contribution in [0.15, 0.2) is 18.2 Å². The summed E-state index contributed by atoms with van der Waals surface area (Å²) in [5.41, 5.74) is -0.116. The Hall–Kier alpha value is -2.97. The van der Waals surface area contributed by atoms with Crippen LogP contribution in [0.3, 0.4) is 0 Å². The number of fused-ring (bicyclic) bond motifs is 1. The molecule has 3 rings (SSSR count). The molecule has 0 aliphatic carbocycles. The van der Waals surface area contributed by atoms with Crippen molar-refractivity contribution < 1.29 is 28.6 Å². The molecule has 0 radical (unpaired) electrons. The molecule has 9 heteroatoms. The second-order valence-corrected chi connectivity index (χ2v) is 8.35. The lowest BCUT2D eigenvalue weighted by atomic mass is 9.96. The van der Waals surface area contributed by atoms with Gasteiger partial charge in [-0.3, -0.25) is 9.59 Å². The molecule has 9 nitrogen and oxygen atoms in total. The van der Waals surface area contributed by atoms with E-state index in [1.165, 1.54) is 0 Å². The van der Waals surface area contributed by atoms with Gasteiger partial charge in [-0.25, -0.2) is 4.79 Å². The number of nitrogens with one attached hydrogen (secondary N) is 2. The van der Waals surface area contributed by atoms with Crippen molar-refractivity contribution in [2.24, 2.45) is 5.92 Å². The smallest absolute Gasteiger partial charge is 0.407 e. The highest BCUT2D eigenvalue weighted by molar-refractivity contribution is 5.98. The fraction of sp³-hybridized carbons (Fsp3) is 0.571. The molecule has 2 heterocycles. The minimum absolute atomic E-state index is 0.0992. The maximum atomic E-state index is 13.0. The molecule has 0 saturated carbocycles. The molecule has 30 heavy (non-hydrogen) atoms. The first-order chi connectivity index (χ1) is 14.2. The van der Waals surface area contributed by atoms with Gasteiger partial charge in [0.2, 0.25) is 12.7 Å². The van der Waals surface area contributed by atoms with Crippen LogP contribution < -0.4 is 20.1 Å². The van der Waals surface area contributed by atoms with Crippen molar-refractivity contribution in [1.29, 1.82) is 0 Å². The van der Waals surface area contributed by atoms with Gasteiger partial charge in [-0.05, 0) is 45.7 Å². The number of hydrogen-bond donors (Lipinski definition) is 2. The number of rotatable bonds is 5. The zero-order valence-electron chi connectivity index (χ0n) is 17.7. The number of ether oxygens (including phenoxy) is 3. The van der Waals surface area contributed by atoms with Crippen LogP contribution in [0.25, 0.3) is 0 Å². The molecule has 2 N–H and O–H groups in total. The fourth-order valence-electron chi connectivity index (χ4n) is 3.45. The van der Waals surface area contributed by atoms with E-state index < -0.39 is 11.7 Å². The molecule has 164 valence electrons. The van der Waals surface area contributed by atoms with Gasteiger partial charge in [0.05, 0.1) is 11.5 Å². The molecular formula is C21H29N3O6. The highest BCUT2D eigenvalue weighted by atomic mass is 16.7. The van der Waals surface area contributed by atoms with Crippen molar-refractivity contribution in [3.05, 3.63) is 23.8 Å². The predicted octanol–water partition coefficient (Wildman–Crippen LogP) is 1.91. The Kier molecular flexibility index (Phi) is 6.69. The molecule has 0 aromatic heterocycles. The van der Waals surface area contributed by atoms with E-state index in [0.717, 1.165) is 6.42 Å². The number of nitrogens with zero attached hydrogens (tertiary/aromatic N) is 1. The number of piperidine rings is 1. The average molecular weight is 419 g/mol. The van der Waals surface area contributed by atoms with E-state index in [2.05, 4.69) is 10.6 Å². The van der Waals surface area contributed by atoms with Crippen molar-refractivity contribution >= 4 is 17.9 Å². The molecule has 2 aliphatic heterocycles. The lowest BCUT2D eigenvalue weighted by Gasteiger charge is -2.32. The number of benzene rings is 1. The maximum Gasteiger partial charge on any atom is 0.407 e. The Morgan fingerprint density at radius 2 is 1.93 bits per heavy atom. The lowest BCUT2D eigenvalue weighted by molar-refractivity contribution is -0.126. The van der Waals surface area contributed by atoms with Crippen molar-refractivity contribution in [1.82, 2.24) is 15.5 Å². The third kappa shape index (κ3) is 5.55. The van der Waals surface area contributed by atoms with Gasteiger partial charge in [-0.15, -0.1) is 0 Å². The Bertz CT molecular complexity index is 804. The third-order valence-corrected chi connectivity index (χ3v) is 4.80. The summed E-state index contributed by atoms with van der Waals surface area (Å²) >= 11 is 0. The Balaban J connectivity index is 1.48. The standard InChI is InChI=1S/C21H29N3O6/c1-21(2,3)30-20(27)23-10-9-22-18(25)14-6-5-11-24(12-14)19(26)15-7-4-8-16-17(15)29-13-28-16/h4,7-8,14H,5-6,9-13H2,1-3H3,(H,22,25)(H,23,27). The second kappa shape index (κ2) is 9.23. The van der Waals surface area contributed by atoms with Gasteiger partial charge in [0, 0.05) is 26.2 Å². The SMILES string of the molecule is CC(C)(C)OC(=O)NCCNC(=O)C1CCCN(C(=O)c2cccc3c2OCO3)C1. The first kappa shape index (κ1) is 21.7. The van der Waals surface area contributed by atoms with Gasteiger partial charge in [-0.2, -0.15) is 0 Å². The minimum Gasteiger partial charge on any atom is -0.454 e. The summed E-state index contributed by atoms with van der Waals surface area (Å²) in [6.45, 7) is 6.95. The molecule has 1 unspecified atom stereocenters. The Morgan fingerprint density at radius 3 is 2.70 bits per heavy atom. The highest BCUT2D eigenvalue weighted by Crippen LogP contribution is 2.36. The third-order valence-electron chi connectivity index (χ3n) is 4.80. The number of para-hydroxylation sites is 1. The molecule has 1 aromatic carbocycles. The summed E-state index contributed by atoms with van der Waals surface area (Å²) in [6, 6.07) is 5.23. The number of likely N-dealkylation sites (tertiary alicyclic amines) is 1. The summed E-state index contributed by atoms with van der Waals surface area (Å²) in [5, 5.41) is 5.42. The van der Waals surface area contributed by atoms with Gasteiger partial charge in [0.25, 0.3) is 5.91 Å². The molecule has 1 aromatic rings. The molecule has 3 amide bonds. The van der Waals surface area contributed by atoms with Crippen LogP contribution in [0.2, 0.25) is 0 Å². The van der Waals surface area contributed by atoms with E-state index in [1.54, 1.807) is 43.9 Å². The highest BCUT2D eigenvalue weighted by Gasteiger charge is 2.31. The first-order valence-corrected chi connectivity index (χ1v) is 10.2. The summed E-state index contributed by atoms with van der Waals surface area (Å²) in [4.78, 5) is 38.8. The first-order valence-electron chi connectivity index (χ1n) is 10.2. The second-order valence-electron chi connectivity index (χ2n) is 8.35. The molecule has 0 spiro atoms. The Morgan fingerprint density at radius 1 is 1.17 bits per heavy atom. The normalized spacial score (nSPS) is 18.0. The van der Waals surface area contributed by atoms with E-state index in [-0.39, 0.29) is 31.1 Å². The van der Waals surface area contributed by atoms with Crippen LogP contribution in [-0.2, 0) is 9.53 Å².